The summed E-state index contributed by atoms with van der Waals surface area (Å²) in [6.07, 6.45) is 2.07. The van der Waals surface area contributed by atoms with Crippen molar-refractivity contribution < 1.29 is 4.74 Å². The van der Waals surface area contributed by atoms with Gasteiger partial charge in [0.05, 0.1) is 12.0 Å². The first-order chi connectivity index (χ1) is 9.45. The lowest BCUT2D eigenvalue weighted by Crippen LogP contribution is -2.21. The summed E-state index contributed by atoms with van der Waals surface area (Å²) in [5, 5.41) is 0.709. The summed E-state index contributed by atoms with van der Waals surface area (Å²) in [6, 6.07) is 1.98. The van der Waals surface area contributed by atoms with E-state index in [2.05, 4.69) is 30.7 Å². The van der Waals surface area contributed by atoms with E-state index < -0.39 is 0 Å². The monoisotopic (exact) mass is 292 g/mol. The molecule has 1 aliphatic rings. The molecule has 108 valence electrons. The highest BCUT2D eigenvalue weighted by Gasteiger charge is 2.22. The number of rotatable bonds is 1. The maximum absolute atomic E-state index is 12.3. The summed E-state index contributed by atoms with van der Waals surface area (Å²) in [6.45, 7) is 7.94. The lowest BCUT2D eigenvalue weighted by Gasteiger charge is -2.20. The van der Waals surface area contributed by atoms with Gasteiger partial charge in [-0.25, -0.2) is 4.98 Å². The first kappa shape index (κ1) is 13.8. The van der Waals surface area contributed by atoms with Crippen LogP contribution in [0.2, 0.25) is 0 Å². The number of nitrogens with one attached hydrogen (secondary N) is 1. The number of aromatic amines is 1. The molecule has 1 saturated heterocycles. The molecule has 3 rings (SSSR count). The zero-order valence-corrected chi connectivity index (χ0v) is 13.0. The number of hydrogen-bond acceptors (Lipinski definition) is 4. The van der Waals surface area contributed by atoms with Crippen molar-refractivity contribution in [2.45, 2.75) is 44.9 Å². The van der Waals surface area contributed by atoms with Crippen LogP contribution in [0.25, 0.3) is 10.2 Å². The van der Waals surface area contributed by atoms with E-state index in [-0.39, 0.29) is 16.9 Å². The number of thiophene rings is 1. The Morgan fingerprint density at radius 3 is 2.90 bits per heavy atom. The second-order valence-electron chi connectivity index (χ2n) is 6.44. The molecule has 1 unspecified atom stereocenters. The Kier molecular flexibility index (Phi) is 3.42. The van der Waals surface area contributed by atoms with Gasteiger partial charge in [-0.2, -0.15) is 0 Å². The van der Waals surface area contributed by atoms with Gasteiger partial charge in [0.1, 0.15) is 10.7 Å². The highest BCUT2D eigenvalue weighted by molar-refractivity contribution is 7.18. The predicted molar refractivity (Wildman–Crippen MR) is 81.7 cm³/mol. The summed E-state index contributed by atoms with van der Waals surface area (Å²) in [4.78, 5) is 21.9. The molecule has 0 aromatic carbocycles. The van der Waals surface area contributed by atoms with Crippen LogP contribution in [-0.4, -0.2) is 23.2 Å². The highest BCUT2D eigenvalue weighted by atomic mass is 32.1. The third-order valence-corrected chi connectivity index (χ3v) is 5.16. The molecule has 0 radical (unpaired) electrons. The van der Waals surface area contributed by atoms with Crippen molar-refractivity contribution >= 4 is 21.6 Å². The molecule has 1 aliphatic heterocycles. The second kappa shape index (κ2) is 4.97. The Labute approximate surface area is 122 Å². The average Bonchev–Trinajstić information content (AvgIpc) is 2.84. The van der Waals surface area contributed by atoms with Crippen LogP contribution >= 0.6 is 11.3 Å². The van der Waals surface area contributed by atoms with Gasteiger partial charge in [-0.15, -0.1) is 11.3 Å². The van der Waals surface area contributed by atoms with Gasteiger partial charge < -0.3 is 9.72 Å². The molecule has 3 heterocycles. The van der Waals surface area contributed by atoms with Crippen LogP contribution in [0, 0.1) is 0 Å². The van der Waals surface area contributed by atoms with E-state index in [0.717, 1.165) is 30.1 Å². The van der Waals surface area contributed by atoms with Crippen molar-refractivity contribution in [3.05, 3.63) is 27.1 Å². The van der Waals surface area contributed by atoms with Gasteiger partial charge in [0, 0.05) is 17.4 Å². The maximum Gasteiger partial charge on any atom is 0.259 e. The lowest BCUT2D eigenvalue weighted by molar-refractivity contribution is 0.0781. The van der Waals surface area contributed by atoms with E-state index in [0.29, 0.717) is 12.0 Å². The largest absolute Gasteiger partial charge is 0.381 e. The summed E-state index contributed by atoms with van der Waals surface area (Å²) in [5.74, 6) is 1.01. The molecular weight excluding hydrogens is 272 g/mol. The van der Waals surface area contributed by atoms with E-state index in [9.17, 15) is 4.79 Å². The van der Waals surface area contributed by atoms with Gasteiger partial charge in [0.15, 0.2) is 0 Å². The Balaban J connectivity index is 2.06. The summed E-state index contributed by atoms with van der Waals surface area (Å²) >= 11 is 1.62. The number of ether oxygens (including phenoxy) is 1. The number of hydrogen-bond donors (Lipinski definition) is 1. The van der Waals surface area contributed by atoms with Crippen LogP contribution in [0.3, 0.4) is 0 Å². The molecule has 4 nitrogen and oxygen atoms in total. The molecular formula is C15H20N2O2S. The normalized spacial score (nSPS) is 20.4. The zero-order valence-electron chi connectivity index (χ0n) is 12.2. The maximum atomic E-state index is 12.3. The van der Waals surface area contributed by atoms with E-state index in [1.807, 2.05) is 6.07 Å². The fourth-order valence-corrected chi connectivity index (χ4v) is 3.56. The molecule has 0 amide bonds. The SMILES string of the molecule is CC(C)(C)c1cc2c(=O)[nH]c(C3CCCOC3)nc2s1. The zero-order chi connectivity index (χ0) is 14.3. The van der Waals surface area contributed by atoms with Gasteiger partial charge >= 0.3 is 0 Å². The van der Waals surface area contributed by atoms with E-state index in [1.165, 1.54) is 4.88 Å². The van der Waals surface area contributed by atoms with Gasteiger partial charge in [-0.05, 0) is 24.3 Å². The molecule has 0 aliphatic carbocycles. The quantitative estimate of drug-likeness (QED) is 0.878. The van der Waals surface area contributed by atoms with Gasteiger partial charge in [-0.1, -0.05) is 20.8 Å². The molecule has 1 fully saturated rings. The van der Waals surface area contributed by atoms with Crippen molar-refractivity contribution in [3.8, 4) is 0 Å². The topological polar surface area (TPSA) is 55.0 Å². The number of aromatic nitrogens is 2. The minimum absolute atomic E-state index is 0.0256. The average molecular weight is 292 g/mol. The smallest absolute Gasteiger partial charge is 0.259 e. The van der Waals surface area contributed by atoms with Crippen LogP contribution in [0.1, 0.15) is 50.2 Å². The number of fused-ring (bicyclic) bond motifs is 1. The molecule has 0 spiro atoms. The summed E-state index contributed by atoms with van der Waals surface area (Å²) in [7, 11) is 0. The Bertz CT molecular complexity index is 675. The third-order valence-electron chi connectivity index (χ3n) is 3.71. The van der Waals surface area contributed by atoms with Crippen molar-refractivity contribution in [2.75, 3.05) is 13.2 Å². The Morgan fingerprint density at radius 1 is 1.45 bits per heavy atom. The Hall–Kier alpha value is -1.20. The second-order valence-corrected chi connectivity index (χ2v) is 7.48. The first-order valence-electron chi connectivity index (χ1n) is 7.07. The fraction of sp³-hybridized carbons (Fsp3) is 0.600. The van der Waals surface area contributed by atoms with Crippen LogP contribution in [0.4, 0.5) is 0 Å². The summed E-state index contributed by atoms with van der Waals surface area (Å²) in [5.41, 5.74) is 0.0219. The summed E-state index contributed by atoms with van der Waals surface area (Å²) < 4.78 is 5.49. The van der Waals surface area contributed by atoms with E-state index in [1.54, 1.807) is 11.3 Å². The van der Waals surface area contributed by atoms with Crippen molar-refractivity contribution in [2.24, 2.45) is 0 Å². The van der Waals surface area contributed by atoms with Crippen LogP contribution < -0.4 is 5.56 Å². The van der Waals surface area contributed by atoms with E-state index >= 15 is 0 Å². The minimum atomic E-state index is -0.0256. The first-order valence-corrected chi connectivity index (χ1v) is 7.89. The fourth-order valence-electron chi connectivity index (χ4n) is 2.47. The Morgan fingerprint density at radius 2 is 2.25 bits per heavy atom. The lowest BCUT2D eigenvalue weighted by atomic mass is 9.94. The molecule has 0 saturated carbocycles. The van der Waals surface area contributed by atoms with E-state index in [4.69, 9.17) is 4.74 Å². The number of nitrogens with zero attached hydrogens (tertiary/aromatic N) is 1. The standard InChI is InChI=1S/C15H20N2O2S/c1-15(2,3)11-7-10-13(18)16-12(17-14(10)20-11)9-5-4-6-19-8-9/h7,9H,4-6,8H2,1-3H3,(H,16,17,18). The van der Waals surface area contributed by atoms with Crippen molar-refractivity contribution in [1.29, 1.82) is 0 Å². The van der Waals surface area contributed by atoms with Gasteiger partial charge in [0.2, 0.25) is 0 Å². The van der Waals surface area contributed by atoms with Crippen LogP contribution in [-0.2, 0) is 10.2 Å². The molecule has 2 aromatic heterocycles. The van der Waals surface area contributed by atoms with Crippen molar-refractivity contribution in [1.82, 2.24) is 9.97 Å². The van der Waals surface area contributed by atoms with Gasteiger partial charge in [-0.3, -0.25) is 4.79 Å². The molecule has 1 N–H and O–H groups in total. The van der Waals surface area contributed by atoms with Crippen LogP contribution in [0.5, 0.6) is 0 Å². The third kappa shape index (κ3) is 2.52. The number of H-pyrrole nitrogens is 1. The van der Waals surface area contributed by atoms with Crippen LogP contribution in [0.15, 0.2) is 10.9 Å². The molecule has 0 bridgehead atoms. The molecule has 1 atom stereocenters. The minimum Gasteiger partial charge on any atom is -0.381 e. The highest BCUT2D eigenvalue weighted by Crippen LogP contribution is 2.32. The molecule has 2 aromatic rings. The predicted octanol–water partition coefficient (Wildman–Crippen LogP) is 3.18. The molecule has 5 heteroatoms. The van der Waals surface area contributed by atoms with Gasteiger partial charge in [0.25, 0.3) is 5.56 Å². The molecule has 20 heavy (non-hydrogen) atoms. The van der Waals surface area contributed by atoms with Crippen molar-refractivity contribution in [3.63, 3.8) is 0 Å².